The number of methoxy groups -OCH3 is 1. The Morgan fingerprint density at radius 2 is 2.00 bits per heavy atom. The van der Waals surface area contributed by atoms with Crippen LogP contribution in [-0.2, 0) is 9.53 Å². The van der Waals surface area contributed by atoms with Gasteiger partial charge in [0.2, 0.25) is 0 Å². The van der Waals surface area contributed by atoms with Crippen LogP contribution < -0.4 is 0 Å². The van der Waals surface area contributed by atoms with E-state index in [1.165, 1.54) is 7.11 Å². The number of amides is 1. The van der Waals surface area contributed by atoms with Crippen LogP contribution in [0, 0.1) is 5.41 Å². The summed E-state index contributed by atoms with van der Waals surface area (Å²) in [5.41, 5.74) is -0.394. The van der Waals surface area contributed by atoms with Crippen LogP contribution in [0.3, 0.4) is 0 Å². The highest BCUT2D eigenvalue weighted by molar-refractivity contribution is 7.99. The van der Waals surface area contributed by atoms with Crippen molar-refractivity contribution in [3.8, 4) is 0 Å². The third-order valence-corrected chi connectivity index (χ3v) is 5.00. The smallest absolute Gasteiger partial charge is 0.313 e. The lowest BCUT2D eigenvalue weighted by Crippen LogP contribution is -2.40. The summed E-state index contributed by atoms with van der Waals surface area (Å²) < 4.78 is 5.06. The van der Waals surface area contributed by atoms with E-state index in [-0.39, 0.29) is 19.1 Å². The lowest BCUT2D eigenvalue weighted by Gasteiger charge is -2.23. The first-order valence-electron chi connectivity index (χ1n) is 7.66. The molecule has 1 amide bonds. The third-order valence-electron chi connectivity index (χ3n) is 3.99. The number of carboxylic acids is 1. The maximum atomic E-state index is 12.6. The van der Waals surface area contributed by atoms with Crippen LogP contribution in [-0.4, -0.2) is 53.9 Å². The maximum Gasteiger partial charge on any atom is 0.313 e. The molecule has 1 unspecified atom stereocenters. The Morgan fingerprint density at radius 1 is 1.35 bits per heavy atom. The van der Waals surface area contributed by atoms with Gasteiger partial charge in [0.15, 0.2) is 0 Å². The second kappa shape index (κ2) is 7.36. The Hall–Kier alpha value is -1.53. The second-order valence-corrected chi connectivity index (χ2v) is 7.84. The molecule has 1 aliphatic rings. The topological polar surface area (TPSA) is 66.8 Å². The van der Waals surface area contributed by atoms with Gasteiger partial charge in [0.05, 0.1) is 6.61 Å². The molecule has 2 rings (SSSR count). The largest absolute Gasteiger partial charge is 0.481 e. The predicted octanol–water partition coefficient (Wildman–Crippen LogP) is 2.75. The lowest BCUT2D eigenvalue weighted by molar-refractivity contribution is -0.151. The summed E-state index contributed by atoms with van der Waals surface area (Å²) in [5.74, 6) is -1.02. The van der Waals surface area contributed by atoms with Crippen LogP contribution in [0.25, 0.3) is 0 Å². The van der Waals surface area contributed by atoms with Crippen molar-refractivity contribution < 1.29 is 19.4 Å². The van der Waals surface area contributed by atoms with E-state index < -0.39 is 11.4 Å². The van der Waals surface area contributed by atoms with E-state index >= 15 is 0 Å². The first kappa shape index (κ1) is 17.8. The third kappa shape index (κ3) is 4.06. The van der Waals surface area contributed by atoms with Crippen molar-refractivity contribution >= 4 is 23.6 Å². The van der Waals surface area contributed by atoms with E-state index in [4.69, 9.17) is 4.74 Å². The van der Waals surface area contributed by atoms with Gasteiger partial charge in [-0.1, -0.05) is 13.8 Å². The molecular formula is C17H23NO4S. The van der Waals surface area contributed by atoms with Crippen molar-refractivity contribution in [1.82, 2.24) is 4.90 Å². The Morgan fingerprint density at radius 3 is 2.52 bits per heavy atom. The number of ether oxygens (including phenoxy) is 1. The molecule has 0 radical (unpaired) electrons. The number of nitrogens with zero attached hydrogens (tertiary/aromatic N) is 1. The standard InChI is InChI=1S/C17H23NO4S/c1-12(2)23-14-6-4-13(5-7-14)15(19)18-9-8-17(10-18,11-22-3)16(20)21/h4-7,12H,8-11H2,1-3H3,(H,20,21). The summed E-state index contributed by atoms with van der Waals surface area (Å²) in [5, 5.41) is 9.95. The highest BCUT2D eigenvalue weighted by Crippen LogP contribution is 2.32. The number of thioether (sulfide) groups is 1. The van der Waals surface area contributed by atoms with Gasteiger partial charge >= 0.3 is 5.97 Å². The van der Waals surface area contributed by atoms with E-state index in [2.05, 4.69) is 13.8 Å². The average molecular weight is 337 g/mol. The molecule has 0 bridgehead atoms. The summed E-state index contributed by atoms with van der Waals surface area (Å²) in [7, 11) is 1.49. The zero-order valence-electron chi connectivity index (χ0n) is 13.7. The Kier molecular flexibility index (Phi) is 5.70. The number of aliphatic carboxylic acids is 1. The Balaban J connectivity index is 2.08. The molecule has 126 valence electrons. The number of carbonyl (C=O) groups excluding carboxylic acids is 1. The Labute approximate surface area is 141 Å². The van der Waals surface area contributed by atoms with Crippen molar-refractivity contribution in [2.45, 2.75) is 30.4 Å². The van der Waals surface area contributed by atoms with Gasteiger partial charge in [-0.15, -0.1) is 11.8 Å². The number of likely N-dealkylation sites (tertiary alicyclic amines) is 1. The number of carboxylic acid groups (broad SMARTS) is 1. The SMILES string of the molecule is COCC1(C(=O)O)CCN(C(=O)c2ccc(SC(C)C)cc2)C1. The van der Waals surface area contributed by atoms with Crippen molar-refractivity contribution in [3.05, 3.63) is 29.8 Å². The molecule has 1 aromatic carbocycles. The monoisotopic (exact) mass is 337 g/mol. The molecule has 1 atom stereocenters. The van der Waals surface area contributed by atoms with Crippen molar-refractivity contribution in [2.75, 3.05) is 26.8 Å². The zero-order chi connectivity index (χ0) is 17.0. The number of carbonyl (C=O) groups is 2. The van der Waals surface area contributed by atoms with E-state index in [9.17, 15) is 14.7 Å². The van der Waals surface area contributed by atoms with E-state index in [1.807, 2.05) is 24.3 Å². The minimum Gasteiger partial charge on any atom is -0.481 e. The minimum absolute atomic E-state index is 0.120. The first-order valence-corrected chi connectivity index (χ1v) is 8.54. The highest BCUT2D eigenvalue weighted by atomic mass is 32.2. The van der Waals surface area contributed by atoms with Crippen LogP contribution in [0.4, 0.5) is 0 Å². The summed E-state index contributed by atoms with van der Waals surface area (Å²) in [6.07, 6.45) is 0.420. The molecule has 1 N–H and O–H groups in total. The van der Waals surface area contributed by atoms with Crippen LogP contribution >= 0.6 is 11.8 Å². The fraction of sp³-hybridized carbons (Fsp3) is 0.529. The fourth-order valence-electron chi connectivity index (χ4n) is 2.81. The van der Waals surface area contributed by atoms with Gasteiger partial charge in [-0.25, -0.2) is 0 Å². The number of rotatable bonds is 6. The Bertz CT molecular complexity index is 572. The molecule has 1 saturated heterocycles. The summed E-state index contributed by atoms with van der Waals surface area (Å²) >= 11 is 1.74. The second-order valence-electron chi connectivity index (χ2n) is 6.19. The molecule has 0 aliphatic carbocycles. The van der Waals surface area contributed by atoms with Gasteiger partial charge in [-0.3, -0.25) is 9.59 Å². The van der Waals surface area contributed by atoms with Gasteiger partial charge in [0, 0.05) is 35.9 Å². The molecule has 0 saturated carbocycles. The summed E-state index contributed by atoms with van der Waals surface area (Å²) in [6, 6.07) is 7.50. The maximum absolute atomic E-state index is 12.6. The summed E-state index contributed by atoms with van der Waals surface area (Å²) in [4.78, 5) is 26.9. The quantitative estimate of drug-likeness (QED) is 0.809. The molecule has 1 aliphatic heterocycles. The lowest BCUT2D eigenvalue weighted by atomic mass is 9.88. The fourth-order valence-corrected chi connectivity index (χ4v) is 3.64. The van der Waals surface area contributed by atoms with Crippen molar-refractivity contribution in [1.29, 1.82) is 0 Å². The van der Waals surface area contributed by atoms with E-state index in [0.29, 0.717) is 23.8 Å². The number of hydrogen-bond acceptors (Lipinski definition) is 4. The van der Waals surface area contributed by atoms with E-state index in [1.54, 1.807) is 16.7 Å². The molecule has 0 aromatic heterocycles. The number of hydrogen-bond donors (Lipinski definition) is 1. The van der Waals surface area contributed by atoms with Gasteiger partial charge in [-0.2, -0.15) is 0 Å². The molecule has 23 heavy (non-hydrogen) atoms. The van der Waals surface area contributed by atoms with Crippen LogP contribution in [0.15, 0.2) is 29.2 Å². The van der Waals surface area contributed by atoms with Gasteiger partial charge in [0.1, 0.15) is 5.41 Å². The van der Waals surface area contributed by atoms with Gasteiger partial charge < -0.3 is 14.7 Å². The highest BCUT2D eigenvalue weighted by Gasteiger charge is 2.46. The van der Waals surface area contributed by atoms with Crippen molar-refractivity contribution in [2.24, 2.45) is 5.41 Å². The minimum atomic E-state index is -0.988. The number of benzene rings is 1. The van der Waals surface area contributed by atoms with E-state index in [0.717, 1.165) is 4.90 Å². The summed E-state index contributed by atoms with van der Waals surface area (Å²) in [6.45, 7) is 5.00. The van der Waals surface area contributed by atoms with Crippen LogP contribution in [0.1, 0.15) is 30.6 Å². The normalized spacial score (nSPS) is 21.0. The molecule has 1 fully saturated rings. The van der Waals surface area contributed by atoms with Gasteiger partial charge in [-0.05, 0) is 30.7 Å². The zero-order valence-corrected chi connectivity index (χ0v) is 14.6. The van der Waals surface area contributed by atoms with Gasteiger partial charge in [0.25, 0.3) is 5.91 Å². The van der Waals surface area contributed by atoms with Crippen LogP contribution in [0.2, 0.25) is 0 Å². The van der Waals surface area contributed by atoms with Crippen molar-refractivity contribution in [3.63, 3.8) is 0 Å². The average Bonchev–Trinajstić information content (AvgIpc) is 2.93. The first-order chi connectivity index (χ1) is 10.9. The molecular weight excluding hydrogens is 314 g/mol. The molecule has 6 heteroatoms. The molecule has 5 nitrogen and oxygen atoms in total. The molecule has 1 heterocycles. The molecule has 0 spiro atoms. The van der Waals surface area contributed by atoms with Crippen LogP contribution in [0.5, 0.6) is 0 Å². The predicted molar refractivity (Wildman–Crippen MR) is 89.9 cm³/mol. The molecule has 1 aromatic rings.